The van der Waals surface area contributed by atoms with Crippen LogP contribution in [0.1, 0.15) is 25.0 Å². The summed E-state index contributed by atoms with van der Waals surface area (Å²) in [7, 11) is 0. The van der Waals surface area contributed by atoms with Crippen LogP contribution < -0.4 is 0 Å². The van der Waals surface area contributed by atoms with Gasteiger partial charge in [0.1, 0.15) is 5.75 Å². The standard InChI is InChI=1S/C13H17NO3/c1-9(2)17-13(16)14-6-5-10-3-4-12(15)7-11(10)8-14/h3-4,7,9,15H,5-6,8H2,1-2H3. The molecule has 0 aliphatic carbocycles. The molecule has 17 heavy (non-hydrogen) atoms. The van der Waals surface area contributed by atoms with Gasteiger partial charge in [-0.05, 0) is 43.5 Å². The van der Waals surface area contributed by atoms with Crippen molar-refractivity contribution < 1.29 is 14.6 Å². The van der Waals surface area contributed by atoms with Crippen LogP contribution in [0.4, 0.5) is 4.79 Å². The average molecular weight is 235 g/mol. The Morgan fingerprint density at radius 2 is 2.18 bits per heavy atom. The minimum Gasteiger partial charge on any atom is -0.508 e. The number of aromatic hydroxyl groups is 1. The van der Waals surface area contributed by atoms with Crippen LogP contribution in [0.3, 0.4) is 0 Å². The number of nitrogens with zero attached hydrogens (tertiary/aromatic N) is 1. The molecule has 1 aromatic rings. The molecular formula is C13H17NO3. The van der Waals surface area contributed by atoms with Crippen molar-refractivity contribution >= 4 is 6.09 Å². The Bertz CT molecular complexity index is 429. The SMILES string of the molecule is CC(C)OC(=O)N1CCc2ccc(O)cc2C1. The average Bonchev–Trinajstić information content (AvgIpc) is 2.27. The summed E-state index contributed by atoms with van der Waals surface area (Å²) in [4.78, 5) is 13.4. The van der Waals surface area contributed by atoms with E-state index < -0.39 is 0 Å². The van der Waals surface area contributed by atoms with Crippen LogP contribution in [0.25, 0.3) is 0 Å². The van der Waals surface area contributed by atoms with Gasteiger partial charge >= 0.3 is 6.09 Å². The number of rotatable bonds is 1. The third-order valence-electron chi connectivity index (χ3n) is 2.80. The normalized spacial score (nSPS) is 14.6. The molecule has 0 unspecified atom stereocenters. The summed E-state index contributed by atoms with van der Waals surface area (Å²) in [6.45, 7) is 4.85. The number of fused-ring (bicyclic) bond motifs is 1. The first-order chi connectivity index (χ1) is 8.06. The maximum Gasteiger partial charge on any atom is 0.410 e. The Kier molecular flexibility index (Phi) is 3.22. The molecule has 2 rings (SSSR count). The zero-order chi connectivity index (χ0) is 12.4. The molecule has 0 saturated heterocycles. The van der Waals surface area contributed by atoms with E-state index in [0.717, 1.165) is 12.0 Å². The lowest BCUT2D eigenvalue weighted by Gasteiger charge is -2.28. The second-order valence-corrected chi connectivity index (χ2v) is 4.56. The van der Waals surface area contributed by atoms with Gasteiger partial charge in [-0.3, -0.25) is 0 Å². The topological polar surface area (TPSA) is 49.8 Å². The van der Waals surface area contributed by atoms with Gasteiger partial charge in [0.25, 0.3) is 0 Å². The smallest absolute Gasteiger partial charge is 0.410 e. The van der Waals surface area contributed by atoms with Crippen LogP contribution in [0.15, 0.2) is 18.2 Å². The fourth-order valence-electron chi connectivity index (χ4n) is 1.98. The summed E-state index contributed by atoms with van der Waals surface area (Å²) in [6, 6.07) is 5.31. The van der Waals surface area contributed by atoms with Gasteiger partial charge < -0.3 is 14.7 Å². The summed E-state index contributed by atoms with van der Waals surface area (Å²) >= 11 is 0. The Hall–Kier alpha value is -1.71. The molecule has 1 amide bonds. The van der Waals surface area contributed by atoms with Crippen molar-refractivity contribution in [3.8, 4) is 5.75 Å². The van der Waals surface area contributed by atoms with E-state index in [1.54, 1.807) is 17.0 Å². The quantitative estimate of drug-likeness (QED) is 0.812. The number of hydrogen-bond acceptors (Lipinski definition) is 3. The van der Waals surface area contributed by atoms with E-state index in [0.29, 0.717) is 13.1 Å². The van der Waals surface area contributed by atoms with Crippen molar-refractivity contribution in [2.75, 3.05) is 6.54 Å². The van der Waals surface area contributed by atoms with Crippen molar-refractivity contribution in [1.82, 2.24) is 4.90 Å². The summed E-state index contributed by atoms with van der Waals surface area (Å²) in [5.74, 6) is 0.239. The number of amides is 1. The first-order valence-corrected chi connectivity index (χ1v) is 5.82. The first kappa shape index (κ1) is 11.8. The van der Waals surface area contributed by atoms with Crippen molar-refractivity contribution in [3.05, 3.63) is 29.3 Å². The van der Waals surface area contributed by atoms with Crippen LogP contribution in [-0.4, -0.2) is 28.7 Å². The lowest BCUT2D eigenvalue weighted by atomic mass is 10.00. The van der Waals surface area contributed by atoms with Gasteiger partial charge in [-0.15, -0.1) is 0 Å². The third-order valence-corrected chi connectivity index (χ3v) is 2.80. The molecule has 0 radical (unpaired) electrons. The zero-order valence-electron chi connectivity index (χ0n) is 10.1. The first-order valence-electron chi connectivity index (χ1n) is 5.82. The highest BCUT2D eigenvalue weighted by Crippen LogP contribution is 2.23. The second-order valence-electron chi connectivity index (χ2n) is 4.56. The molecule has 1 N–H and O–H groups in total. The van der Waals surface area contributed by atoms with E-state index in [-0.39, 0.29) is 17.9 Å². The minimum atomic E-state index is -0.283. The summed E-state index contributed by atoms with van der Waals surface area (Å²) in [6.07, 6.45) is 0.421. The Morgan fingerprint density at radius 1 is 1.41 bits per heavy atom. The van der Waals surface area contributed by atoms with Crippen molar-refractivity contribution in [3.63, 3.8) is 0 Å². The fourth-order valence-corrected chi connectivity index (χ4v) is 1.98. The lowest BCUT2D eigenvalue weighted by Crippen LogP contribution is -2.37. The molecule has 0 fully saturated rings. The van der Waals surface area contributed by atoms with Crippen LogP contribution in [0.5, 0.6) is 5.75 Å². The number of carbonyl (C=O) groups is 1. The van der Waals surface area contributed by atoms with E-state index in [4.69, 9.17) is 4.74 Å². The Morgan fingerprint density at radius 3 is 2.88 bits per heavy atom. The van der Waals surface area contributed by atoms with E-state index in [9.17, 15) is 9.90 Å². The van der Waals surface area contributed by atoms with E-state index in [1.165, 1.54) is 5.56 Å². The number of hydrogen-bond donors (Lipinski definition) is 1. The lowest BCUT2D eigenvalue weighted by molar-refractivity contribution is 0.0729. The van der Waals surface area contributed by atoms with Gasteiger partial charge in [-0.25, -0.2) is 4.79 Å². The molecule has 0 spiro atoms. The second kappa shape index (κ2) is 4.65. The summed E-state index contributed by atoms with van der Waals surface area (Å²) < 4.78 is 5.16. The fraction of sp³-hybridized carbons (Fsp3) is 0.462. The van der Waals surface area contributed by atoms with E-state index >= 15 is 0 Å². The maximum atomic E-state index is 11.7. The molecule has 1 aromatic carbocycles. The minimum absolute atomic E-state index is 0.104. The van der Waals surface area contributed by atoms with Gasteiger partial charge in [-0.2, -0.15) is 0 Å². The van der Waals surface area contributed by atoms with Crippen LogP contribution in [0, 0.1) is 0 Å². The summed E-state index contributed by atoms with van der Waals surface area (Å²) in [5, 5.41) is 9.42. The molecule has 92 valence electrons. The Balaban J connectivity index is 2.10. The van der Waals surface area contributed by atoms with Gasteiger partial charge in [-0.1, -0.05) is 6.07 Å². The van der Waals surface area contributed by atoms with Crippen LogP contribution in [0.2, 0.25) is 0 Å². The zero-order valence-corrected chi connectivity index (χ0v) is 10.1. The van der Waals surface area contributed by atoms with Crippen molar-refractivity contribution in [1.29, 1.82) is 0 Å². The van der Waals surface area contributed by atoms with E-state index in [2.05, 4.69) is 0 Å². The van der Waals surface area contributed by atoms with Gasteiger partial charge in [0.2, 0.25) is 0 Å². The van der Waals surface area contributed by atoms with Crippen molar-refractivity contribution in [2.45, 2.75) is 32.9 Å². The van der Waals surface area contributed by atoms with Crippen LogP contribution >= 0.6 is 0 Å². The van der Waals surface area contributed by atoms with Gasteiger partial charge in [0.15, 0.2) is 0 Å². The monoisotopic (exact) mass is 235 g/mol. The predicted octanol–water partition coefficient (Wildman–Crippen LogP) is 2.30. The molecule has 1 aliphatic heterocycles. The molecule has 0 bridgehead atoms. The highest BCUT2D eigenvalue weighted by molar-refractivity contribution is 5.68. The number of carbonyl (C=O) groups excluding carboxylic acids is 1. The molecule has 1 heterocycles. The highest BCUT2D eigenvalue weighted by atomic mass is 16.6. The van der Waals surface area contributed by atoms with Crippen LogP contribution in [-0.2, 0) is 17.7 Å². The highest BCUT2D eigenvalue weighted by Gasteiger charge is 2.22. The largest absolute Gasteiger partial charge is 0.508 e. The van der Waals surface area contributed by atoms with E-state index in [1.807, 2.05) is 19.9 Å². The van der Waals surface area contributed by atoms with Gasteiger partial charge in [0, 0.05) is 13.1 Å². The molecule has 1 aliphatic rings. The molecule has 4 nitrogen and oxygen atoms in total. The van der Waals surface area contributed by atoms with Gasteiger partial charge in [0.05, 0.1) is 6.10 Å². The summed E-state index contributed by atoms with van der Waals surface area (Å²) in [5.41, 5.74) is 2.19. The Labute approximate surface area is 101 Å². The molecule has 0 saturated carbocycles. The molecule has 4 heteroatoms. The predicted molar refractivity (Wildman–Crippen MR) is 63.8 cm³/mol. The third kappa shape index (κ3) is 2.70. The number of ether oxygens (including phenoxy) is 1. The number of phenolic OH excluding ortho intramolecular Hbond substituents is 1. The molecule has 0 atom stereocenters. The number of benzene rings is 1. The van der Waals surface area contributed by atoms with Crippen molar-refractivity contribution in [2.24, 2.45) is 0 Å². The maximum absolute atomic E-state index is 11.7. The molecular weight excluding hydrogens is 218 g/mol. The molecule has 0 aromatic heterocycles. The number of phenols is 1.